The number of ether oxygens (including phenoxy) is 3. The van der Waals surface area contributed by atoms with Gasteiger partial charge in [0, 0.05) is 34.8 Å². The van der Waals surface area contributed by atoms with E-state index in [1.165, 1.54) is 21.8 Å². The summed E-state index contributed by atoms with van der Waals surface area (Å²) in [5.41, 5.74) is 4.78. The van der Waals surface area contributed by atoms with Gasteiger partial charge in [0.05, 0.1) is 31.2 Å². The molecule has 6 rings (SSSR count). The zero-order valence-electron chi connectivity index (χ0n) is 18.9. The van der Waals surface area contributed by atoms with Gasteiger partial charge in [0.1, 0.15) is 5.75 Å². The summed E-state index contributed by atoms with van der Waals surface area (Å²) in [6.45, 7) is 2.03. The highest BCUT2D eigenvalue weighted by molar-refractivity contribution is 7.99. The van der Waals surface area contributed by atoms with Gasteiger partial charge in [0.25, 0.3) is 0 Å². The molecule has 0 N–H and O–H groups in total. The summed E-state index contributed by atoms with van der Waals surface area (Å²) in [7, 11) is 1.72. The summed E-state index contributed by atoms with van der Waals surface area (Å²) in [4.78, 5) is 7.99. The van der Waals surface area contributed by atoms with E-state index >= 15 is 0 Å². The number of benzene rings is 2. The van der Waals surface area contributed by atoms with Crippen LogP contribution in [0.3, 0.4) is 0 Å². The minimum Gasteiger partial charge on any atom is -0.497 e. The third-order valence-corrected chi connectivity index (χ3v) is 7.69. The van der Waals surface area contributed by atoms with Crippen molar-refractivity contribution in [1.29, 1.82) is 0 Å². The number of methoxy groups -OCH3 is 1. The highest BCUT2D eigenvalue weighted by Crippen LogP contribution is 2.48. The lowest BCUT2D eigenvalue weighted by atomic mass is 10.1. The monoisotopic (exact) mass is 471 g/mol. The fraction of sp³-hybridized carbons (Fsp3) is 0.222. The van der Waals surface area contributed by atoms with E-state index in [1.807, 2.05) is 36.2 Å². The van der Waals surface area contributed by atoms with Crippen LogP contribution in [0, 0.1) is 0 Å². The second kappa shape index (κ2) is 8.99. The lowest BCUT2D eigenvalue weighted by molar-refractivity contribution is 0.174. The van der Waals surface area contributed by atoms with Crippen molar-refractivity contribution in [2.24, 2.45) is 0 Å². The summed E-state index contributed by atoms with van der Waals surface area (Å²) in [6.07, 6.45) is 6.81. The molecule has 0 aliphatic carbocycles. The number of pyridine rings is 1. The molecule has 2 aromatic carbocycles. The molecule has 0 radical (unpaired) electrons. The van der Waals surface area contributed by atoms with Crippen LogP contribution in [0.25, 0.3) is 5.69 Å². The van der Waals surface area contributed by atoms with E-state index in [1.54, 1.807) is 13.3 Å². The molecule has 0 spiro atoms. The number of rotatable bonds is 5. The van der Waals surface area contributed by atoms with Crippen LogP contribution >= 0.6 is 11.8 Å². The van der Waals surface area contributed by atoms with Crippen molar-refractivity contribution in [3.63, 3.8) is 0 Å². The maximum Gasteiger partial charge on any atom is 0.231 e. The van der Waals surface area contributed by atoms with Crippen LogP contribution in [-0.4, -0.2) is 30.0 Å². The van der Waals surface area contributed by atoms with Crippen LogP contribution in [-0.2, 0) is 6.54 Å². The lowest BCUT2D eigenvalue weighted by Gasteiger charge is -2.25. The Balaban J connectivity index is 1.33. The molecule has 0 fully saturated rings. The average molecular weight is 472 g/mol. The number of nitrogens with zero attached hydrogens (tertiary/aromatic N) is 3. The van der Waals surface area contributed by atoms with E-state index in [9.17, 15) is 0 Å². The van der Waals surface area contributed by atoms with Crippen LogP contribution in [0.15, 0.2) is 84.1 Å². The van der Waals surface area contributed by atoms with Crippen molar-refractivity contribution < 1.29 is 14.2 Å². The van der Waals surface area contributed by atoms with Gasteiger partial charge in [-0.25, -0.2) is 0 Å². The maximum absolute atomic E-state index is 5.64. The molecule has 6 nitrogen and oxygen atoms in total. The summed E-state index contributed by atoms with van der Waals surface area (Å²) >= 11 is 1.89. The van der Waals surface area contributed by atoms with Crippen molar-refractivity contribution >= 4 is 17.4 Å². The smallest absolute Gasteiger partial charge is 0.231 e. The van der Waals surface area contributed by atoms with Gasteiger partial charge in [-0.3, -0.25) is 4.98 Å². The number of anilines is 1. The number of fused-ring (bicyclic) bond motifs is 2. The van der Waals surface area contributed by atoms with Gasteiger partial charge in [-0.1, -0.05) is 6.07 Å². The first-order valence-corrected chi connectivity index (χ1v) is 12.2. The molecule has 2 aliphatic rings. The number of hydrogen-bond acceptors (Lipinski definition) is 6. The van der Waals surface area contributed by atoms with E-state index in [0.29, 0.717) is 12.0 Å². The van der Waals surface area contributed by atoms with E-state index in [-0.39, 0.29) is 0 Å². The van der Waals surface area contributed by atoms with Gasteiger partial charge >= 0.3 is 0 Å². The van der Waals surface area contributed by atoms with Crippen LogP contribution < -0.4 is 19.1 Å². The molecule has 7 heteroatoms. The molecule has 0 saturated heterocycles. The molecule has 34 heavy (non-hydrogen) atoms. The zero-order valence-corrected chi connectivity index (χ0v) is 19.7. The molecular formula is C27H25N3O3S. The van der Waals surface area contributed by atoms with E-state index < -0.39 is 0 Å². The summed E-state index contributed by atoms with van der Waals surface area (Å²) in [6, 6.07) is 21.0. The lowest BCUT2D eigenvalue weighted by Crippen LogP contribution is -2.25. The summed E-state index contributed by atoms with van der Waals surface area (Å²) in [5, 5.41) is 0.301. The molecule has 172 valence electrons. The average Bonchev–Trinajstić information content (AvgIpc) is 3.51. The van der Waals surface area contributed by atoms with Crippen molar-refractivity contribution in [3.05, 3.63) is 90.5 Å². The summed E-state index contributed by atoms with van der Waals surface area (Å²) in [5.74, 6) is 2.53. The molecular weight excluding hydrogens is 446 g/mol. The van der Waals surface area contributed by atoms with Crippen LogP contribution in [0.1, 0.15) is 22.9 Å². The Kier molecular flexibility index (Phi) is 5.55. The topological polar surface area (TPSA) is 48.8 Å². The molecule has 1 atom stereocenters. The molecule has 0 unspecified atom stereocenters. The Morgan fingerprint density at radius 2 is 2.00 bits per heavy atom. The van der Waals surface area contributed by atoms with Gasteiger partial charge in [0.2, 0.25) is 6.79 Å². The largest absolute Gasteiger partial charge is 0.497 e. The van der Waals surface area contributed by atoms with Crippen molar-refractivity contribution in [2.75, 3.05) is 25.3 Å². The summed E-state index contributed by atoms with van der Waals surface area (Å²) < 4.78 is 18.9. The number of aromatic nitrogens is 2. The van der Waals surface area contributed by atoms with E-state index in [2.05, 4.69) is 63.1 Å². The second-order valence-electron chi connectivity index (χ2n) is 8.34. The standard InChI is InChI=1S/C27H25N3O3S/c1-31-22-7-8-23-27(15-22)34-26(19-6-9-24-25(14-19)33-18-32-24)10-13-29(23)17-21-5-3-12-30(21)20-4-2-11-28-16-20/h2-9,11-12,14-16,26H,10,13,17-18H2,1H3/t26-/m0/s1. The fourth-order valence-corrected chi connectivity index (χ4v) is 5.90. The van der Waals surface area contributed by atoms with Gasteiger partial charge in [0.15, 0.2) is 11.5 Å². The molecule has 4 heterocycles. The Morgan fingerprint density at radius 1 is 1.06 bits per heavy atom. The first kappa shape index (κ1) is 21.0. The first-order valence-electron chi connectivity index (χ1n) is 11.3. The Labute approximate surface area is 203 Å². The quantitative estimate of drug-likeness (QED) is 0.364. The first-order chi connectivity index (χ1) is 16.8. The fourth-order valence-electron chi connectivity index (χ4n) is 4.58. The molecule has 0 amide bonds. The normalized spacial score (nSPS) is 16.7. The molecule has 4 aromatic rings. The SMILES string of the molecule is COc1ccc2c(c1)S[C@H](c1ccc3c(c1)OCO3)CCN2Cc1cccn1-c1cccnc1. The maximum atomic E-state index is 5.64. The Bertz CT molecular complexity index is 1310. The van der Waals surface area contributed by atoms with Crippen molar-refractivity contribution in [1.82, 2.24) is 9.55 Å². The third-order valence-electron chi connectivity index (χ3n) is 6.32. The van der Waals surface area contributed by atoms with Crippen LogP contribution in [0.2, 0.25) is 0 Å². The third kappa shape index (κ3) is 3.96. The van der Waals surface area contributed by atoms with Gasteiger partial charge in [-0.15, -0.1) is 11.8 Å². The molecule has 0 bridgehead atoms. The van der Waals surface area contributed by atoms with E-state index in [0.717, 1.165) is 42.4 Å². The predicted octanol–water partition coefficient (Wildman–Crippen LogP) is 5.85. The highest BCUT2D eigenvalue weighted by Gasteiger charge is 2.26. The molecule has 2 aromatic heterocycles. The van der Waals surface area contributed by atoms with Crippen LogP contribution in [0.5, 0.6) is 17.2 Å². The minimum atomic E-state index is 0.293. The van der Waals surface area contributed by atoms with E-state index in [4.69, 9.17) is 14.2 Å². The zero-order chi connectivity index (χ0) is 22.9. The van der Waals surface area contributed by atoms with Crippen LogP contribution in [0.4, 0.5) is 5.69 Å². The predicted molar refractivity (Wildman–Crippen MR) is 133 cm³/mol. The van der Waals surface area contributed by atoms with Gasteiger partial charge < -0.3 is 23.7 Å². The van der Waals surface area contributed by atoms with Gasteiger partial charge in [-0.05, 0) is 66.6 Å². The molecule has 2 aliphatic heterocycles. The van der Waals surface area contributed by atoms with Crippen molar-refractivity contribution in [2.45, 2.75) is 23.1 Å². The molecule has 0 saturated carbocycles. The minimum absolute atomic E-state index is 0.293. The second-order valence-corrected chi connectivity index (χ2v) is 9.59. The number of thioether (sulfide) groups is 1. The number of hydrogen-bond donors (Lipinski definition) is 0. The Morgan fingerprint density at radius 3 is 2.88 bits per heavy atom. The van der Waals surface area contributed by atoms with Gasteiger partial charge in [-0.2, -0.15) is 0 Å². The van der Waals surface area contributed by atoms with Crippen molar-refractivity contribution in [3.8, 4) is 22.9 Å². The highest BCUT2D eigenvalue weighted by atomic mass is 32.2. The Hall–Kier alpha value is -3.58.